The maximum atomic E-state index is 5.13. The first-order valence-electron chi connectivity index (χ1n) is 3.67. The number of nitrogens with zero attached hydrogens (tertiary/aromatic N) is 1. The predicted molar refractivity (Wildman–Crippen MR) is 44.3 cm³/mol. The topological polar surface area (TPSA) is 32.6 Å². The largest absolute Gasteiger partial charge is 0.363 e. The molecule has 67 valence electrons. The Labute approximate surface area is 69.1 Å². The predicted octanol–water partition coefficient (Wildman–Crippen LogP) is 1.36. The van der Waals surface area contributed by atoms with Crippen molar-refractivity contribution in [2.75, 3.05) is 14.2 Å². The average molecular weight is 160 g/mol. The highest BCUT2D eigenvalue weighted by Gasteiger charge is 2.28. The number of rotatable bonds is 4. The second-order valence-electron chi connectivity index (χ2n) is 3.41. The van der Waals surface area contributed by atoms with Gasteiger partial charge in [0.15, 0.2) is 0 Å². The molecule has 0 aromatic rings. The van der Waals surface area contributed by atoms with Gasteiger partial charge in [-0.3, -0.25) is 0 Å². The van der Waals surface area contributed by atoms with Crippen LogP contribution in [0.25, 0.3) is 0 Å². The van der Waals surface area contributed by atoms with Gasteiger partial charge in [-0.15, -0.1) is 0 Å². The van der Waals surface area contributed by atoms with E-state index in [-0.39, 0.29) is 0 Å². The Hall–Kier alpha value is -0.120. The molecule has 0 N–H and O–H groups in total. The monoisotopic (exact) mass is 160 g/mol. The van der Waals surface area contributed by atoms with E-state index in [1.54, 1.807) is 14.2 Å². The molecular weight excluding hydrogens is 142 g/mol. The minimum Gasteiger partial charge on any atom is -0.363 e. The fraction of sp³-hybridized carbons (Fsp3) is 1.00. The number of ether oxygens (including phenoxy) is 2. The molecule has 0 saturated heterocycles. The lowest BCUT2D eigenvalue weighted by molar-refractivity contribution is -0.108. The van der Waals surface area contributed by atoms with Crippen LogP contribution in [0.15, 0.2) is 0 Å². The Morgan fingerprint density at radius 1 is 0.818 bits per heavy atom. The molecule has 0 heterocycles. The summed E-state index contributed by atoms with van der Waals surface area (Å²) >= 11 is 0. The molecule has 0 aliphatic carbocycles. The van der Waals surface area contributed by atoms with Crippen molar-refractivity contribution in [3.8, 4) is 0 Å². The lowest BCUT2D eigenvalue weighted by Crippen LogP contribution is -2.48. The van der Waals surface area contributed by atoms with Gasteiger partial charge in [0.05, 0.1) is 0 Å². The Morgan fingerprint density at radius 3 is 1.27 bits per heavy atom. The van der Waals surface area contributed by atoms with Crippen LogP contribution in [0.4, 0.5) is 0 Å². The van der Waals surface area contributed by atoms with Gasteiger partial charge in [0, 0.05) is 14.2 Å². The molecule has 0 rings (SSSR count). The number of hydrogen-bond donors (Lipinski definition) is 0. The molecule has 3 nitrogen and oxygen atoms in total. The molecule has 0 spiro atoms. The summed E-state index contributed by atoms with van der Waals surface area (Å²) in [6.45, 7) is 7.59. The lowest BCUT2D eigenvalue weighted by Gasteiger charge is -2.32. The van der Waals surface area contributed by atoms with Gasteiger partial charge >= 0.3 is 0 Å². The normalized spacial score (nSPS) is 13.6. The first kappa shape index (κ1) is 10.9. The van der Waals surface area contributed by atoms with E-state index in [0.29, 0.717) is 0 Å². The van der Waals surface area contributed by atoms with Crippen LogP contribution in [0.5, 0.6) is 0 Å². The molecule has 0 aliphatic heterocycles. The highest BCUT2D eigenvalue weighted by atomic mass is 16.5. The highest BCUT2D eigenvalue weighted by molar-refractivity contribution is 4.73. The summed E-state index contributed by atoms with van der Waals surface area (Å²) in [6.07, 6.45) is 0. The molecule has 0 amide bonds. The molecular formula is C8H18NO2. The number of methoxy groups -OCH3 is 2. The summed E-state index contributed by atoms with van der Waals surface area (Å²) in [5.41, 5.74) is -0.945. The minimum atomic E-state index is -0.473. The van der Waals surface area contributed by atoms with E-state index < -0.39 is 11.4 Å². The summed E-state index contributed by atoms with van der Waals surface area (Å²) in [6, 6.07) is 0. The minimum absolute atomic E-state index is 0.473. The van der Waals surface area contributed by atoms with Gasteiger partial charge in [0.1, 0.15) is 11.4 Å². The van der Waals surface area contributed by atoms with Crippen LogP contribution >= 0.6 is 0 Å². The van der Waals surface area contributed by atoms with Crippen molar-refractivity contribution in [3.05, 3.63) is 0 Å². The van der Waals surface area contributed by atoms with Gasteiger partial charge in [-0.05, 0) is 27.7 Å². The van der Waals surface area contributed by atoms with Gasteiger partial charge < -0.3 is 9.47 Å². The molecule has 0 bridgehead atoms. The molecule has 0 aliphatic rings. The van der Waals surface area contributed by atoms with Crippen molar-refractivity contribution in [1.29, 1.82) is 0 Å². The van der Waals surface area contributed by atoms with Crippen molar-refractivity contribution < 1.29 is 9.47 Å². The Kier molecular flexibility index (Phi) is 3.48. The van der Waals surface area contributed by atoms with Crippen molar-refractivity contribution >= 4 is 0 Å². The highest BCUT2D eigenvalue weighted by Crippen LogP contribution is 2.14. The third-order valence-electron chi connectivity index (χ3n) is 1.54. The van der Waals surface area contributed by atoms with Crippen molar-refractivity contribution in [3.63, 3.8) is 0 Å². The maximum Gasteiger partial charge on any atom is 0.131 e. The van der Waals surface area contributed by atoms with Crippen LogP contribution < -0.4 is 5.32 Å². The quantitative estimate of drug-likeness (QED) is 0.622. The molecule has 0 fully saturated rings. The van der Waals surface area contributed by atoms with E-state index in [0.717, 1.165) is 0 Å². The van der Waals surface area contributed by atoms with Gasteiger partial charge in [-0.2, -0.15) is 5.32 Å². The van der Waals surface area contributed by atoms with Crippen LogP contribution in [0.1, 0.15) is 27.7 Å². The molecule has 11 heavy (non-hydrogen) atoms. The summed E-state index contributed by atoms with van der Waals surface area (Å²) in [7, 11) is 3.27. The van der Waals surface area contributed by atoms with Gasteiger partial charge in [-0.1, -0.05) is 0 Å². The Bertz CT molecular complexity index is 107. The first-order chi connectivity index (χ1) is 4.83. The second kappa shape index (κ2) is 3.52. The van der Waals surface area contributed by atoms with Crippen molar-refractivity contribution in [1.82, 2.24) is 5.32 Å². The lowest BCUT2D eigenvalue weighted by atomic mass is 10.2. The summed E-state index contributed by atoms with van der Waals surface area (Å²) in [4.78, 5) is 0. The zero-order valence-corrected chi connectivity index (χ0v) is 8.26. The molecule has 0 aromatic carbocycles. The van der Waals surface area contributed by atoms with Crippen molar-refractivity contribution in [2.24, 2.45) is 0 Å². The molecule has 0 atom stereocenters. The van der Waals surface area contributed by atoms with Crippen molar-refractivity contribution in [2.45, 2.75) is 39.1 Å². The zero-order chi connectivity index (χ0) is 9.12. The molecule has 3 heteroatoms. The van der Waals surface area contributed by atoms with Crippen LogP contribution in [0, 0.1) is 0 Å². The smallest absolute Gasteiger partial charge is 0.131 e. The van der Waals surface area contributed by atoms with E-state index in [9.17, 15) is 0 Å². The van der Waals surface area contributed by atoms with E-state index in [2.05, 4.69) is 5.32 Å². The van der Waals surface area contributed by atoms with E-state index >= 15 is 0 Å². The van der Waals surface area contributed by atoms with E-state index in [1.165, 1.54) is 0 Å². The maximum absolute atomic E-state index is 5.13. The zero-order valence-electron chi connectivity index (χ0n) is 8.26. The third-order valence-corrected chi connectivity index (χ3v) is 1.54. The van der Waals surface area contributed by atoms with Crippen LogP contribution in [-0.4, -0.2) is 25.7 Å². The molecule has 0 unspecified atom stereocenters. The van der Waals surface area contributed by atoms with E-state index in [1.807, 2.05) is 27.7 Å². The SMILES string of the molecule is COC(C)(C)[N]C(C)(C)OC. The fourth-order valence-electron chi connectivity index (χ4n) is 0.740. The van der Waals surface area contributed by atoms with Crippen LogP contribution in [0.3, 0.4) is 0 Å². The van der Waals surface area contributed by atoms with Crippen LogP contribution in [0.2, 0.25) is 0 Å². The van der Waals surface area contributed by atoms with Gasteiger partial charge in [-0.25, -0.2) is 0 Å². The standard InChI is InChI=1S/C8H18NO2/c1-7(2,10-5)9-8(3,4)11-6/h1-6H3. The molecule has 0 saturated carbocycles. The van der Waals surface area contributed by atoms with Gasteiger partial charge in [0.2, 0.25) is 0 Å². The average Bonchev–Trinajstić information content (AvgIpc) is 1.86. The number of hydrogen-bond acceptors (Lipinski definition) is 2. The molecule has 0 aromatic heterocycles. The third kappa shape index (κ3) is 4.35. The first-order valence-corrected chi connectivity index (χ1v) is 3.67. The molecule has 1 radical (unpaired) electrons. The van der Waals surface area contributed by atoms with Gasteiger partial charge in [0.25, 0.3) is 0 Å². The van der Waals surface area contributed by atoms with E-state index in [4.69, 9.17) is 9.47 Å². The summed E-state index contributed by atoms with van der Waals surface area (Å²) in [5.74, 6) is 0. The Balaban J connectivity index is 4.02. The second-order valence-corrected chi connectivity index (χ2v) is 3.41. The Morgan fingerprint density at radius 2 is 1.09 bits per heavy atom. The summed E-state index contributed by atoms with van der Waals surface area (Å²) in [5, 5.41) is 4.33. The fourth-order valence-corrected chi connectivity index (χ4v) is 0.740. The van der Waals surface area contributed by atoms with Crippen LogP contribution in [-0.2, 0) is 9.47 Å². The summed E-state index contributed by atoms with van der Waals surface area (Å²) < 4.78 is 10.3.